The Labute approximate surface area is 226 Å². The molecule has 0 aliphatic carbocycles. The van der Waals surface area contributed by atoms with Gasteiger partial charge in [-0.3, -0.25) is 14.4 Å². The summed E-state index contributed by atoms with van der Waals surface area (Å²) in [7, 11) is 0. The maximum absolute atomic E-state index is 13.0. The number of nitrogen functional groups attached to an aromatic ring is 1. The number of aliphatic carboxylic acids is 1. The number of hydrogen-bond donors (Lipinski definition) is 3. The normalized spacial score (nSPS) is 22.8. The van der Waals surface area contributed by atoms with Crippen molar-refractivity contribution in [1.29, 1.82) is 0 Å². The number of nitrogens with one attached hydrogen (secondary N) is 1. The van der Waals surface area contributed by atoms with Crippen LogP contribution in [0.25, 0.3) is 0 Å². The number of amides is 2. The van der Waals surface area contributed by atoms with Gasteiger partial charge in [0.15, 0.2) is 29.0 Å². The van der Waals surface area contributed by atoms with Crippen LogP contribution in [0.4, 0.5) is 5.13 Å². The van der Waals surface area contributed by atoms with Gasteiger partial charge in [0.2, 0.25) is 12.5 Å². The molecule has 3 atom stereocenters. The number of rotatable bonds is 10. The molecule has 0 aromatic carbocycles. The third-order valence-corrected chi connectivity index (χ3v) is 9.20. The van der Waals surface area contributed by atoms with Gasteiger partial charge in [0.05, 0.1) is 0 Å². The zero-order chi connectivity index (χ0) is 27.6. The summed E-state index contributed by atoms with van der Waals surface area (Å²) in [5.74, 6) is -3.46. The van der Waals surface area contributed by atoms with Crippen LogP contribution in [0, 0.1) is 6.92 Å². The Bertz CT molecular complexity index is 1350. The predicted molar refractivity (Wildman–Crippen MR) is 135 cm³/mol. The lowest BCUT2D eigenvalue weighted by Gasteiger charge is -2.53. The standard InChI is InChI=1S/C20H21N5O10S3/c1-8-10(35-19(31)34-8)3-32-17(30)20(36-2)6-25-15(29)13(16(25)38-7-20)23-14(28)12(24-33-4-11(26)27)9-5-37-18(21)22-9/h5,13,16H,3-4,6-7H2,1-2H3,(H2,21,22)(H,23,28)(H,26,27)/t13?,16-,20?/m1/s1. The average molecular weight is 588 g/mol. The maximum atomic E-state index is 13.0. The molecule has 0 radical (unpaired) electrons. The second-order valence-corrected chi connectivity index (χ2v) is 11.2. The number of nitrogens with two attached hydrogens (primary N) is 1. The number of esters is 1. The van der Waals surface area contributed by atoms with Gasteiger partial charge < -0.3 is 39.5 Å². The zero-order valence-corrected chi connectivity index (χ0v) is 22.3. The van der Waals surface area contributed by atoms with Crippen LogP contribution in [0.15, 0.2) is 24.2 Å². The van der Waals surface area contributed by atoms with Crippen LogP contribution in [0.2, 0.25) is 0 Å². The van der Waals surface area contributed by atoms with Crippen molar-refractivity contribution in [2.75, 3.05) is 30.9 Å². The summed E-state index contributed by atoms with van der Waals surface area (Å²) in [6.07, 6.45) is 1.72. The topological polar surface area (TPSA) is 217 Å². The lowest BCUT2D eigenvalue weighted by molar-refractivity contribution is -0.154. The molecule has 0 spiro atoms. The zero-order valence-electron chi connectivity index (χ0n) is 19.8. The molecule has 204 valence electrons. The van der Waals surface area contributed by atoms with Crippen LogP contribution in [0.1, 0.15) is 17.2 Å². The first-order valence-corrected chi connectivity index (χ1v) is 13.9. The number of carboxylic acids is 1. The SMILES string of the molecule is CSC1(C(=O)OCc2oc(=O)oc2C)CS[C@@H]2C(NC(=O)C(=NOCC(=O)O)c3csc(N)n3)C(=O)N2C1. The number of hydrogen-bond acceptors (Lipinski definition) is 15. The third-order valence-electron chi connectivity index (χ3n) is 5.60. The first-order valence-electron chi connectivity index (χ1n) is 10.7. The number of aryl methyl sites for hydroxylation is 1. The molecule has 2 aliphatic rings. The minimum absolute atomic E-state index is 0.0372. The van der Waals surface area contributed by atoms with Crippen molar-refractivity contribution >= 4 is 69.5 Å². The summed E-state index contributed by atoms with van der Waals surface area (Å²) < 4.78 is 13.9. The molecule has 4 N–H and O–H groups in total. The lowest BCUT2D eigenvalue weighted by atomic mass is 10.0. The summed E-state index contributed by atoms with van der Waals surface area (Å²) in [5.41, 5.74) is 5.35. The fraction of sp³-hybridized carbons (Fsp3) is 0.450. The number of carbonyl (C=O) groups excluding carboxylic acids is 3. The molecule has 38 heavy (non-hydrogen) atoms. The van der Waals surface area contributed by atoms with E-state index < -0.39 is 52.3 Å². The van der Waals surface area contributed by atoms with E-state index in [0.717, 1.165) is 11.3 Å². The fourth-order valence-corrected chi connectivity index (χ4v) is 6.71. The molecule has 2 unspecified atom stereocenters. The van der Waals surface area contributed by atoms with Crippen LogP contribution in [-0.2, 0) is 35.4 Å². The Kier molecular flexibility index (Phi) is 8.02. The average Bonchev–Trinajstić information content (AvgIpc) is 3.46. The number of oxime groups is 1. The lowest BCUT2D eigenvalue weighted by Crippen LogP contribution is -2.75. The summed E-state index contributed by atoms with van der Waals surface area (Å²) >= 11 is 3.55. The van der Waals surface area contributed by atoms with Crippen LogP contribution in [-0.4, -0.2) is 85.8 Å². The van der Waals surface area contributed by atoms with E-state index in [9.17, 15) is 24.0 Å². The molecule has 2 aliphatic heterocycles. The second kappa shape index (κ2) is 11.1. The summed E-state index contributed by atoms with van der Waals surface area (Å²) in [5, 5.41) is 16.1. The maximum Gasteiger partial charge on any atom is 0.519 e. The van der Waals surface area contributed by atoms with E-state index in [1.54, 1.807) is 6.26 Å². The Morgan fingerprint density at radius 2 is 2.16 bits per heavy atom. The van der Waals surface area contributed by atoms with E-state index in [0.29, 0.717) is 0 Å². The summed E-state index contributed by atoms with van der Waals surface area (Å²) in [6.45, 7) is 0.455. The van der Waals surface area contributed by atoms with Gasteiger partial charge in [-0.15, -0.1) is 34.9 Å². The van der Waals surface area contributed by atoms with Gasteiger partial charge in [-0.25, -0.2) is 14.6 Å². The molecule has 4 heterocycles. The number of nitrogens with zero attached hydrogens (tertiary/aromatic N) is 3. The number of β-lactam (4-membered cyclic amide) rings is 1. The fourth-order valence-electron chi connectivity index (χ4n) is 3.61. The number of carbonyl (C=O) groups is 4. The Morgan fingerprint density at radius 3 is 2.76 bits per heavy atom. The van der Waals surface area contributed by atoms with E-state index in [-0.39, 0.29) is 47.0 Å². The molecule has 2 fully saturated rings. The van der Waals surface area contributed by atoms with Crippen LogP contribution < -0.4 is 16.9 Å². The van der Waals surface area contributed by atoms with E-state index in [2.05, 4.69) is 15.5 Å². The first-order chi connectivity index (χ1) is 18.0. The molecular formula is C20H21N5O10S3. The summed E-state index contributed by atoms with van der Waals surface area (Å²) in [6, 6.07) is -0.924. The second-order valence-electron chi connectivity index (χ2n) is 8.00. The van der Waals surface area contributed by atoms with Crippen LogP contribution in [0.5, 0.6) is 0 Å². The minimum Gasteiger partial charge on any atom is -0.479 e. The molecule has 0 bridgehead atoms. The van der Waals surface area contributed by atoms with Crippen molar-refractivity contribution in [1.82, 2.24) is 15.2 Å². The number of carboxylic acid groups (broad SMARTS) is 1. The van der Waals surface area contributed by atoms with Crippen molar-refractivity contribution in [3.63, 3.8) is 0 Å². The highest BCUT2D eigenvalue weighted by Crippen LogP contribution is 2.43. The molecule has 4 rings (SSSR count). The molecule has 18 heteroatoms. The third kappa shape index (κ3) is 5.51. The van der Waals surface area contributed by atoms with Crippen molar-refractivity contribution < 1.29 is 42.7 Å². The van der Waals surface area contributed by atoms with E-state index in [1.165, 1.54) is 40.7 Å². The van der Waals surface area contributed by atoms with Gasteiger partial charge in [0.25, 0.3) is 5.91 Å². The van der Waals surface area contributed by atoms with Crippen LogP contribution in [0.3, 0.4) is 0 Å². The van der Waals surface area contributed by atoms with Crippen molar-refractivity contribution in [2.24, 2.45) is 5.16 Å². The van der Waals surface area contributed by atoms with Gasteiger partial charge in [0.1, 0.15) is 21.9 Å². The number of thioether (sulfide) groups is 2. The van der Waals surface area contributed by atoms with Crippen molar-refractivity contribution in [2.45, 2.75) is 29.7 Å². The number of thiazole rings is 1. The number of ether oxygens (including phenoxy) is 1. The number of anilines is 1. The van der Waals surface area contributed by atoms with Gasteiger partial charge >= 0.3 is 17.8 Å². The van der Waals surface area contributed by atoms with Crippen molar-refractivity contribution in [3.8, 4) is 0 Å². The quantitative estimate of drug-likeness (QED) is 0.140. The Balaban J connectivity index is 1.41. The molecule has 2 amide bonds. The van der Waals surface area contributed by atoms with Gasteiger partial charge in [0, 0.05) is 17.7 Å². The molecule has 2 saturated heterocycles. The molecule has 2 aromatic rings. The highest BCUT2D eigenvalue weighted by Gasteiger charge is 2.58. The predicted octanol–water partition coefficient (Wildman–Crippen LogP) is -0.370. The largest absolute Gasteiger partial charge is 0.519 e. The summed E-state index contributed by atoms with van der Waals surface area (Å²) in [4.78, 5) is 71.0. The van der Waals surface area contributed by atoms with E-state index in [1.807, 2.05) is 0 Å². The molecule has 2 aromatic heterocycles. The minimum atomic E-state index is -1.30. The van der Waals surface area contributed by atoms with Gasteiger partial charge in [-0.05, 0) is 13.2 Å². The Hall–Kier alpha value is -3.51. The highest BCUT2D eigenvalue weighted by atomic mass is 32.2. The number of aromatic nitrogens is 1. The van der Waals surface area contributed by atoms with Crippen molar-refractivity contribution in [3.05, 3.63) is 33.2 Å². The molecule has 15 nitrogen and oxygen atoms in total. The van der Waals surface area contributed by atoms with Gasteiger partial charge in [-0.2, -0.15) is 0 Å². The Morgan fingerprint density at radius 1 is 1.39 bits per heavy atom. The monoisotopic (exact) mass is 587 g/mol. The van der Waals surface area contributed by atoms with E-state index >= 15 is 0 Å². The van der Waals surface area contributed by atoms with Crippen LogP contribution >= 0.6 is 34.9 Å². The molecular weight excluding hydrogens is 566 g/mol. The highest BCUT2D eigenvalue weighted by molar-refractivity contribution is 8.04. The van der Waals surface area contributed by atoms with E-state index in [4.69, 9.17) is 29.2 Å². The number of fused-ring (bicyclic) bond motifs is 1. The van der Waals surface area contributed by atoms with Gasteiger partial charge in [-0.1, -0.05) is 5.16 Å². The molecule has 0 saturated carbocycles. The smallest absolute Gasteiger partial charge is 0.479 e. The first kappa shape index (κ1) is 27.5.